The van der Waals surface area contributed by atoms with Gasteiger partial charge in [0.2, 0.25) is 6.79 Å². The summed E-state index contributed by atoms with van der Waals surface area (Å²) in [4.78, 5) is 3.98. The van der Waals surface area contributed by atoms with Gasteiger partial charge in [-0.2, -0.15) is 5.26 Å². The molecule has 0 fully saturated rings. The lowest BCUT2D eigenvalue weighted by atomic mass is 10.0. The number of pyridine rings is 1. The predicted molar refractivity (Wildman–Crippen MR) is 75.3 cm³/mol. The first-order valence-electron chi connectivity index (χ1n) is 5.90. The van der Waals surface area contributed by atoms with Gasteiger partial charge >= 0.3 is 0 Å². The Morgan fingerprint density at radius 1 is 1.30 bits per heavy atom. The third-order valence-electron chi connectivity index (χ3n) is 2.89. The molecular formula is C15H9ClN2O2. The maximum absolute atomic E-state index is 9.33. The quantitative estimate of drug-likeness (QED) is 0.625. The summed E-state index contributed by atoms with van der Waals surface area (Å²) in [6.07, 6.45) is 3.30. The smallest absolute Gasteiger partial charge is 0.231 e. The highest BCUT2D eigenvalue weighted by Crippen LogP contribution is 2.34. The molecule has 0 saturated carbocycles. The summed E-state index contributed by atoms with van der Waals surface area (Å²) in [7, 11) is 0. The van der Waals surface area contributed by atoms with Crippen molar-refractivity contribution in [3.63, 3.8) is 0 Å². The Balaban J connectivity index is 2.03. The fourth-order valence-electron chi connectivity index (χ4n) is 1.91. The molecule has 0 radical (unpaired) electrons. The Morgan fingerprint density at radius 3 is 2.95 bits per heavy atom. The normalized spacial score (nSPS) is 13.1. The van der Waals surface area contributed by atoms with Gasteiger partial charge < -0.3 is 9.47 Å². The van der Waals surface area contributed by atoms with Crippen molar-refractivity contribution in [3.05, 3.63) is 52.8 Å². The van der Waals surface area contributed by atoms with Gasteiger partial charge in [-0.3, -0.25) is 0 Å². The van der Waals surface area contributed by atoms with Gasteiger partial charge in [0, 0.05) is 11.8 Å². The summed E-state index contributed by atoms with van der Waals surface area (Å²) in [6.45, 7) is 0.207. The number of aromatic nitrogens is 1. The monoisotopic (exact) mass is 284 g/mol. The van der Waals surface area contributed by atoms with E-state index in [0.717, 1.165) is 5.56 Å². The van der Waals surface area contributed by atoms with E-state index in [-0.39, 0.29) is 6.79 Å². The van der Waals surface area contributed by atoms with Gasteiger partial charge in [-0.15, -0.1) is 0 Å². The number of benzene rings is 1. The van der Waals surface area contributed by atoms with Crippen molar-refractivity contribution < 1.29 is 9.47 Å². The number of hydrogen-bond acceptors (Lipinski definition) is 4. The van der Waals surface area contributed by atoms with Crippen LogP contribution in [-0.4, -0.2) is 11.8 Å². The molecule has 0 N–H and O–H groups in total. The van der Waals surface area contributed by atoms with Crippen molar-refractivity contribution in [1.82, 2.24) is 4.98 Å². The number of halogens is 1. The van der Waals surface area contributed by atoms with E-state index in [1.807, 2.05) is 6.07 Å². The average Bonchev–Trinajstić information content (AvgIpc) is 2.94. The summed E-state index contributed by atoms with van der Waals surface area (Å²) < 4.78 is 10.6. The van der Waals surface area contributed by atoms with Crippen molar-refractivity contribution >= 4 is 23.3 Å². The number of fused-ring (bicyclic) bond motifs is 1. The van der Waals surface area contributed by atoms with Gasteiger partial charge in [-0.05, 0) is 35.9 Å². The summed E-state index contributed by atoms with van der Waals surface area (Å²) >= 11 is 6.00. The van der Waals surface area contributed by atoms with Crippen LogP contribution in [0, 0.1) is 11.3 Å². The zero-order chi connectivity index (χ0) is 13.9. The van der Waals surface area contributed by atoms with Crippen LogP contribution in [-0.2, 0) is 0 Å². The van der Waals surface area contributed by atoms with E-state index in [1.165, 1.54) is 0 Å². The zero-order valence-corrected chi connectivity index (χ0v) is 11.1. The third kappa shape index (κ3) is 2.31. The van der Waals surface area contributed by atoms with E-state index in [2.05, 4.69) is 11.1 Å². The highest BCUT2D eigenvalue weighted by atomic mass is 35.5. The van der Waals surface area contributed by atoms with Crippen LogP contribution in [0.25, 0.3) is 11.6 Å². The maximum Gasteiger partial charge on any atom is 0.231 e. The molecule has 1 aromatic carbocycles. The molecule has 98 valence electrons. The lowest BCUT2D eigenvalue weighted by molar-refractivity contribution is 0.174. The zero-order valence-electron chi connectivity index (χ0n) is 10.3. The minimum atomic E-state index is 0.207. The van der Waals surface area contributed by atoms with E-state index in [0.29, 0.717) is 27.8 Å². The second kappa shape index (κ2) is 5.24. The van der Waals surface area contributed by atoms with Crippen LogP contribution in [0.3, 0.4) is 0 Å². The molecule has 0 bridgehead atoms. The lowest BCUT2D eigenvalue weighted by Crippen LogP contribution is -1.92. The average molecular weight is 285 g/mol. The van der Waals surface area contributed by atoms with Crippen LogP contribution in [0.1, 0.15) is 11.1 Å². The largest absolute Gasteiger partial charge is 0.454 e. The van der Waals surface area contributed by atoms with E-state index < -0.39 is 0 Å². The van der Waals surface area contributed by atoms with Crippen LogP contribution < -0.4 is 9.47 Å². The number of hydrogen-bond donors (Lipinski definition) is 0. The molecule has 4 nitrogen and oxygen atoms in total. The van der Waals surface area contributed by atoms with E-state index in [4.69, 9.17) is 21.1 Å². The fourth-order valence-corrected chi connectivity index (χ4v) is 2.08. The van der Waals surface area contributed by atoms with Crippen LogP contribution >= 0.6 is 11.6 Å². The Bertz CT molecular complexity index is 735. The molecule has 1 aliphatic rings. The van der Waals surface area contributed by atoms with Crippen molar-refractivity contribution in [3.8, 4) is 17.6 Å². The van der Waals surface area contributed by atoms with Gasteiger partial charge in [-0.25, -0.2) is 4.98 Å². The topological polar surface area (TPSA) is 55.1 Å². The minimum absolute atomic E-state index is 0.207. The summed E-state index contributed by atoms with van der Waals surface area (Å²) in [5.41, 5.74) is 1.93. The molecule has 1 aromatic heterocycles. The highest BCUT2D eigenvalue weighted by Gasteiger charge is 2.14. The molecule has 20 heavy (non-hydrogen) atoms. The van der Waals surface area contributed by atoms with Gasteiger partial charge in [0.15, 0.2) is 11.5 Å². The predicted octanol–water partition coefficient (Wildman–Crippen LogP) is 3.53. The first-order chi connectivity index (χ1) is 9.78. The SMILES string of the molecule is N#C/C(=C\c1cccnc1Cl)c1ccc2c(c1)OCO2. The third-order valence-corrected chi connectivity index (χ3v) is 3.21. The van der Waals surface area contributed by atoms with Crippen LogP contribution in [0.4, 0.5) is 0 Å². The first kappa shape index (κ1) is 12.5. The molecule has 0 atom stereocenters. The second-order valence-electron chi connectivity index (χ2n) is 4.12. The number of nitriles is 1. The molecule has 0 saturated heterocycles. The summed E-state index contributed by atoms with van der Waals surface area (Å²) in [5, 5.41) is 9.69. The van der Waals surface area contributed by atoms with Crippen LogP contribution in [0.2, 0.25) is 5.15 Å². The maximum atomic E-state index is 9.33. The molecule has 0 amide bonds. The number of nitrogens with zero attached hydrogens (tertiary/aromatic N) is 2. The Hall–Kier alpha value is -2.51. The van der Waals surface area contributed by atoms with E-state index in [9.17, 15) is 5.26 Å². The van der Waals surface area contributed by atoms with Crippen molar-refractivity contribution in [2.75, 3.05) is 6.79 Å². The molecule has 0 aliphatic carbocycles. The first-order valence-corrected chi connectivity index (χ1v) is 6.28. The van der Waals surface area contributed by atoms with Crippen molar-refractivity contribution in [1.29, 1.82) is 5.26 Å². The highest BCUT2D eigenvalue weighted by molar-refractivity contribution is 6.31. The van der Waals surface area contributed by atoms with Crippen LogP contribution in [0.5, 0.6) is 11.5 Å². The second-order valence-corrected chi connectivity index (χ2v) is 4.48. The number of ether oxygens (including phenoxy) is 2. The van der Waals surface area contributed by atoms with Gasteiger partial charge in [0.1, 0.15) is 5.15 Å². The molecule has 1 aliphatic heterocycles. The summed E-state index contributed by atoms with van der Waals surface area (Å²) in [6, 6.07) is 11.1. The lowest BCUT2D eigenvalue weighted by Gasteiger charge is -2.02. The Morgan fingerprint density at radius 2 is 2.15 bits per heavy atom. The minimum Gasteiger partial charge on any atom is -0.454 e. The fraction of sp³-hybridized carbons (Fsp3) is 0.0667. The molecule has 5 heteroatoms. The number of rotatable bonds is 2. The Labute approximate surface area is 120 Å². The Kier molecular flexibility index (Phi) is 3.28. The van der Waals surface area contributed by atoms with Crippen LogP contribution in [0.15, 0.2) is 36.5 Å². The number of allylic oxidation sites excluding steroid dienone is 1. The van der Waals surface area contributed by atoms with E-state index in [1.54, 1.807) is 36.5 Å². The molecule has 2 heterocycles. The standard InChI is InChI=1S/C15H9ClN2O2/c16-15-11(2-1-5-18-15)6-12(8-17)10-3-4-13-14(7-10)20-9-19-13/h1-7H,9H2/b12-6+. The van der Waals surface area contributed by atoms with Crippen molar-refractivity contribution in [2.45, 2.75) is 0 Å². The molecule has 2 aromatic rings. The molecular weight excluding hydrogens is 276 g/mol. The van der Waals surface area contributed by atoms with Gasteiger partial charge in [-0.1, -0.05) is 17.7 Å². The summed E-state index contributed by atoms with van der Waals surface area (Å²) in [5.74, 6) is 1.33. The van der Waals surface area contributed by atoms with Gasteiger partial charge in [0.05, 0.1) is 11.6 Å². The molecule has 0 unspecified atom stereocenters. The molecule has 3 rings (SSSR count). The van der Waals surface area contributed by atoms with Gasteiger partial charge in [0.25, 0.3) is 0 Å². The van der Waals surface area contributed by atoms with Crippen molar-refractivity contribution in [2.24, 2.45) is 0 Å². The molecule has 0 spiro atoms. The van der Waals surface area contributed by atoms with E-state index >= 15 is 0 Å².